The third-order valence-corrected chi connectivity index (χ3v) is 5.26. The topological polar surface area (TPSA) is 131 Å². The quantitative estimate of drug-likeness (QED) is 0.409. The number of anilines is 2. The molecule has 5 N–H and O–H groups in total. The van der Waals surface area contributed by atoms with Crippen molar-refractivity contribution in [2.24, 2.45) is 0 Å². The van der Waals surface area contributed by atoms with Crippen LogP contribution in [0.25, 0.3) is 21.9 Å². The Kier molecular flexibility index (Phi) is 4.27. The molecule has 1 saturated heterocycles. The number of nitrogens with one attached hydrogen (secondary N) is 1. The highest BCUT2D eigenvalue weighted by Crippen LogP contribution is 2.33. The molecule has 4 atom stereocenters. The van der Waals surface area contributed by atoms with Crippen LogP contribution in [-0.2, 0) is 4.74 Å². The van der Waals surface area contributed by atoms with Gasteiger partial charge in [0.1, 0.15) is 36.1 Å². The predicted octanol–water partition coefficient (Wildman–Crippen LogP) is 1.29. The van der Waals surface area contributed by atoms with Crippen molar-refractivity contribution in [3.8, 4) is 0 Å². The number of rotatable bonds is 4. The van der Waals surface area contributed by atoms with E-state index in [9.17, 15) is 10.2 Å². The summed E-state index contributed by atoms with van der Waals surface area (Å²) in [6, 6.07) is 11.5. The number of aromatic nitrogens is 4. The molecule has 0 unspecified atom stereocenters. The summed E-state index contributed by atoms with van der Waals surface area (Å²) >= 11 is 0. The molecular formula is C20H20N6O3. The number of pyridine rings is 1. The first-order valence-corrected chi connectivity index (χ1v) is 9.29. The summed E-state index contributed by atoms with van der Waals surface area (Å²) in [5.74, 6) is 0.352. The Hall–Kier alpha value is -3.27. The number of fused-ring (bicyclic) bond motifs is 2. The van der Waals surface area contributed by atoms with Crippen molar-refractivity contribution in [1.29, 1.82) is 0 Å². The van der Waals surface area contributed by atoms with Gasteiger partial charge >= 0.3 is 0 Å². The first-order chi connectivity index (χ1) is 14.1. The minimum Gasteiger partial charge on any atom is -0.387 e. The zero-order chi connectivity index (χ0) is 20.0. The molecule has 0 amide bonds. The second-order valence-corrected chi connectivity index (χ2v) is 7.06. The van der Waals surface area contributed by atoms with Crippen LogP contribution in [0.4, 0.5) is 11.5 Å². The molecule has 3 aromatic heterocycles. The Morgan fingerprint density at radius 2 is 2.00 bits per heavy atom. The Bertz CT molecular complexity index is 1180. The summed E-state index contributed by atoms with van der Waals surface area (Å²) < 4.78 is 7.64. The standard InChI is InChI=1S/C20H20N6O3/c21-18-13-5-7-26(19(13)25-10-24-18)20-17(28)16(27)15(29-20)9-23-12-4-3-11-2-1-6-22-14(11)8-12/h1-8,10,15-17,20,23,27-28H,9H2,(H2,21,24,25)/t15-,16-,17-,20-/m1/s1. The lowest BCUT2D eigenvalue weighted by molar-refractivity contribution is -0.0309. The van der Waals surface area contributed by atoms with E-state index in [0.29, 0.717) is 23.4 Å². The Balaban J connectivity index is 1.34. The third kappa shape index (κ3) is 3.05. The first kappa shape index (κ1) is 17.8. The lowest BCUT2D eigenvalue weighted by Gasteiger charge is -2.17. The van der Waals surface area contributed by atoms with Crippen molar-refractivity contribution in [1.82, 2.24) is 19.5 Å². The van der Waals surface area contributed by atoms with Gasteiger partial charge in [-0.15, -0.1) is 0 Å². The van der Waals surface area contributed by atoms with Gasteiger partial charge in [0.2, 0.25) is 0 Å². The predicted molar refractivity (Wildman–Crippen MR) is 108 cm³/mol. The minimum absolute atomic E-state index is 0.323. The van der Waals surface area contributed by atoms with Gasteiger partial charge in [-0.1, -0.05) is 12.1 Å². The molecule has 4 aromatic rings. The lowest BCUT2D eigenvalue weighted by atomic mass is 10.1. The molecule has 0 saturated carbocycles. The second kappa shape index (κ2) is 6.96. The summed E-state index contributed by atoms with van der Waals surface area (Å²) in [6.45, 7) is 0.323. The van der Waals surface area contributed by atoms with Gasteiger partial charge in [-0.05, 0) is 24.3 Å². The van der Waals surface area contributed by atoms with Crippen LogP contribution in [-0.4, -0.2) is 54.6 Å². The van der Waals surface area contributed by atoms with Gasteiger partial charge in [0.15, 0.2) is 6.23 Å². The molecule has 0 bridgehead atoms. The summed E-state index contributed by atoms with van der Waals surface area (Å²) in [7, 11) is 0. The normalized spacial score (nSPS) is 24.3. The zero-order valence-corrected chi connectivity index (χ0v) is 15.4. The average Bonchev–Trinajstić information content (AvgIpc) is 3.29. The molecule has 0 spiro atoms. The molecule has 0 radical (unpaired) electrons. The molecule has 9 heteroatoms. The molecule has 29 heavy (non-hydrogen) atoms. The van der Waals surface area contributed by atoms with Crippen molar-refractivity contribution in [2.45, 2.75) is 24.5 Å². The van der Waals surface area contributed by atoms with Crippen molar-refractivity contribution in [2.75, 3.05) is 17.6 Å². The van der Waals surface area contributed by atoms with E-state index >= 15 is 0 Å². The van der Waals surface area contributed by atoms with Gasteiger partial charge in [0, 0.05) is 30.0 Å². The van der Waals surface area contributed by atoms with E-state index in [1.807, 2.05) is 30.3 Å². The van der Waals surface area contributed by atoms with Crippen LogP contribution in [0, 0.1) is 0 Å². The Morgan fingerprint density at radius 1 is 1.10 bits per heavy atom. The van der Waals surface area contributed by atoms with Gasteiger partial charge in [0.05, 0.1) is 10.9 Å². The van der Waals surface area contributed by atoms with E-state index in [0.717, 1.165) is 16.6 Å². The molecule has 0 aliphatic carbocycles. The van der Waals surface area contributed by atoms with Crippen LogP contribution in [0.15, 0.2) is 55.1 Å². The zero-order valence-electron chi connectivity index (χ0n) is 15.4. The number of benzene rings is 1. The molecule has 1 aliphatic heterocycles. The van der Waals surface area contributed by atoms with Crippen LogP contribution in [0.5, 0.6) is 0 Å². The Morgan fingerprint density at radius 3 is 2.90 bits per heavy atom. The highest BCUT2D eigenvalue weighted by atomic mass is 16.6. The SMILES string of the molecule is Nc1ncnc2c1ccn2[C@@H]1O[C@H](CNc2ccc3cccnc3c2)[C@@H](O)[C@H]1O. The maximum Gasteiger partial charge on any atom is 0.164 e. The van der Waals surface area contributed by atoms with Gasteiger partial charge in [-0.25, -0.2) is 9.97 Å². The number of ether oxygens (including phenoxy) is 1. The number of nitrogens with two attached hydrogens (primary N) is 1. The molecule has 1 aromatic carbocycles. The number of hydrogen-bond acceptors (Lipinski definition) is 8. The van der Waals surface area contributed by atoms with E-state index in [1.54, 1.807) is 23.0 Å². The molecule has 148 valence electrons. The number of aliphatic hydroxyl groups is 2. The number of nitrogen functional groups attached to an aromatic ring is 1. The summed E-state index contributed by atoms with van der Waals surface area (Å²) in [4.78, 5) is 12.5. The van der Waals surface area contributed by atoms with E-state index in [-0.39, 0.29) is 0 Å². The molecule has 1 aliphatic rings. The van der Waals surface area contributed by atoms with Gasteiger partial charge in [-0.3, -0.25) is 4.98 Å². The monoisotopic (exact) mass is 392 g/mol. The smallest absolute Gasteiger partial charge is 0.164 e. The highest BCUT2D eigenvalue weighted by Gasteiger charge is 2.43. The second-order valence-electron chi connectivity index (χ2n) is 7.06. The molecule has 5 rings (SSSR count). The van der Waals surface area contributed by atoms with Crippen molar-refractivity contribution < 1.29 is 14.9 Å². The van der Waals surface area contributed by atoms with Crippen molar-refractivity contribution in [3.05, 3.63) is 55.1 Å². The maximum absolute atomic E-state index is 10.6. The van der Waals surface area contributed by atoms with E-state index in [4.69, 9.17) is 10.5 Å². The summed E-state index contributed by atoms with van der Waals surface area (Å²) in [6.07, 6.45) is 1.29. The van der Waals surface area contributed by atoms with Crippen LogP contribution < -0.4 is 11.1 Å². The van der Waals surface area contributed by atoms with Crippen molar-refractivity contribution in [3.63, 3.8) is 0 Å². The maximum atomic E-state index is 10.6. The van der Waals surface area contributed by atoms with Gasteiger partial charge in [-0.2, -0.15) is 0 Å². The largest absolute Gasteiger partial charge is 0.387 e. The fourth-order valence-electron chi connectivity index (χ4n) is 3.72. The van der Waals surface area contributed by atoms with Gasteiger partial charge < -0.3 is 30.6 Å². The number of nitrogens with zero attached hydrogens (tertiary/aromatic N) is 4. The average molecular weight is 392 g/mol. The lowest BCUT2D eigenvalue weighted by Crippen LogP contribution is -2.35. The van der Waals surface area contributed by atoms with E-state index in [2.05, 4.69) is 20.3 Å². The van der Waals surface area contributed by atoms with Crippen LogP contribution in [0.1, 0.15) is 6.23 Å². The third-order valence-electron chi connectivity index (χ3n) is 5.26. The van der Waals surface area contributed by atoms with Crippen LogP contribution >= 0.6 is 0 Å². The molecule has 1 fully saturated rings. The highest BCUT2D eigenvalue weighted by molar-refractivity contribution is 5.86. The minimum atomic E-state index is -1.10. The number of hydrogen-bond donors (Lipinski definition) is 4. The molecule has 9 nitrogen and oxygen atoms in total. The Labute approximate surface area is 165 Å². The van der Waals surface area contributed by atoms with E-state index in [1.165, 1.54) is 6.33 Å². The first-order valence-electron chi connectivity index (χ1n) is 9.29. The summed E-state index contributed by atoms with van der Waals surface area (Å²) in [5, 5.41) is 26.0. The number of aliphatic hydroxyl groups excluding tert-OH is 2. The van der Waals surface area contributed by atoms with Crippen LogP contribution in [0.3, 0.4) is 0 Å². The van der Waals surface area contributed by atoms with Crippen LogP contribution in [0.2, 0.25) is 0 Å². The summed E-state index contributed by atoms with van der Waals surface area (Å²) in [5.41, 5.74) is 8.15. The van der Waals surface area contributed by atoms with E-state index < -0.39 is 24.5 Å². The molecule has 4 heterocycles. The van der Waals surface area contributed by atoms with Crippen molar-refractivity contribution >= 4 is 33.4 Å². The fraction of sp³-hybridized carbons (Fsp3) is 0.250. The van der Waals surface area contributed by atoms with Gasteiger partial charge in [0.25, 0.3) is 0 Å². The fourth-order valence-corrected chi connectivity index (χ4v) is 3.72. The molecular weight excluding hydrogens is 372 g/mol.